The topological polar surface area (TPSA) is 129 Å². The first-order valence-corrected chi connectivity index (χ1v) is 23.9. The highest BCUT2D eigenvalue weighted by molar-refractivity contribution is 7.86. The molecule has 9 rings (SSSR count). The first kappa shape index (κ1) is 47.8. The molecular weight excluding hydrogens is 862 g/mol. The van der Waals surface area contributed by atoms with Gasteiger partial charge in [-0.25, -0.2) is 0 Å². The van der Waals surface area contributed by atoms with Crippen molar-refractivity contribution in [3.8, 4) is 0 Å². The van der Waals surface area contributed by atoms with Crippen LogP contribution in [-0.4, -0.2) is 55.5 Å². The Labute approximate surface area is 383 Å². The molecule has 9 nitrogen and oxygen atoms in total. The number of nitrogens with zero attached hydrogens (tertiary/aromatic N) is 2. The van der Waals surface area contributed by atoms with Gasteiger partial charge in [-0.15, -0.1) is 12.4 Å². The molecule has 2 heterocycles. The van der Waals surface area contributed by atoms with E-state index in [0.717, 1.165) is 51.2 Å². The van der Waals surface area contributed by atoms with Gasteiger partial charge in [0.2, 0.25) is 0 Å². The number of rotatable bonds is 11. The predicted molar refractivity (Wildman–Crippen MR) is 261 cm³/mol. The zero-order valence-electron chi connectivity index (χ0n) is 35.9. The van der Waals surface area contributed by atoms with Crippen LogP contribution in [-0.2, 0) is 39.7 Å². The summed E-state index contributed by atoms with van der Waals surface area (Å²) in [4.78, 5) is 1.60. The zero-order chi connectivity index (χ0) is 44.4. The highest BCUT2D eigenvalue weighted by Crippen LogP contribution is 2.32. The Morgan fingerprint density at radius 2 is 1.03 bits per heavy atom. The number of hydrogen-bond acceptors (Lipinski definition) is 6. The zero-order valence-corrected chi connectivity index (χ0v) is 38.3. The predicted octanol–water partition coefficient (Wildman–Crippen LogP) is 11.0. The Kier molecular flexibility index (Phi) is 16.3. The maximum Gasteiger partial charge on any atom is 0.295 e. The van der Waals surface area contributed by atoms with E-state index in [0.29, 0.717) is 12.0 Å². The van der Waals surface area contributed by atoms with Gasteiger partial charge in [-0.05, 0) is 73.0 Å². The van der Waals surface area contributed by atoms with Gasteiger partial charge in [-0.2, -0.15) is 16.8 Å². The molecule has 12 heteroatoms. The van der Waals surface area contributed by atoms with Crippen LogP contribution in [0.3, 0.4) is 0 Å². The lowest BCUT2D eigenvalue weighted by Crippen LogP contribution is -2.27. The van der Waals surface area contributed by atoms with Crippen LogP contribution < -0.4 is 5.32 Å². The Bertz CT molecular complexity index is 2860. The van der Waals surface area contributed by atoms with Crippen molar-refractivity contribution in [3.05, 3.63) is 216 Å². The van der Waals surface area contributed by atoms with E-state index in [1.54, 1.807) is 0 Å². The fourth-order valence-corrected chi connectivity index (χ4v) is 9.80. The summed E-state index contributed by atoms with van der Waals surface area (Å²) in [5.74, 6) is 0.433. The smallest absolute Gasteiger partial charge is 0.295 e. The van der Waals surface area contributed by atoms with E-state index < -0.39 is 30.0 Å². The van der Waals surface area contributed by atoms with Crippen molar-refractivity contribution in [1.82, 2.24) is 14.8 Å². The van der Waals surface area contributed by atoms with Crippen LogP contribution >= 0.6 is 12.4 Å². The Morgan fingerprint density at radius 1 is 0.578 bits per heavy atom. The van der Waals surface area contributed by atoms with Crippen molar-refractivity contribution in [3.63, 3.8) is 0 Å². The van der Waals surface area contributed by atoms with Gasteiger partial charge in [0.05, 0.1) is 0 Å². The van der Waals surface area contributed by atoms with Crippen molar-refractivity contribution in [2.45, 2.75) is 54.6 Å². The summed E-state index contributed by atoms with van der Waals surface area (Å²) in [6.07, 6.45) is 2.23. The average molecular weight is 917 g/mol. The largest absolute Gasteiger partial charge is 0.340 e. The number of nitrogens with one attached hydrogen (secondary N) is 1. The molecule has 0 bridgehead atoms. The molecule has 7 aromatic carbocycles. The number of fused-ring (bicyclic) bond motifs is 4. The van der Waals surface area contributed by atoms with E-state index in [1.165, 1.54) is 68.7 Å². The van der Waals surface area contributed by atoms with Crippen molar-refractivity contribution >= 4 is 54.3 Å². The lowest BCUT2D eigenvalue weighted by Gasteiger charge is -2.24. The maximum atomic E-state index is 11.2. The Balaban J connectivity index is 0.000000160. The summed E-state index contributed by atoms with van der Waals surface area (Å²) >= 11 is 0. The monoisotopic (exact) mass is 915 g/mol. The van der Waals surface area contributed by atoms with Crippen molar-refractivity contribution < 1.29 is 25.9 Å². The molecule has 332 valence electrons. The van der Waals surface area contributed by atoms with Gasteiger partial charge in [-0.1, -0.05) is 164 Å². The molecule has 0 saturated heterocycles. The molecule has 0 amide bonds. The third kappa shape index (κ3) is 11.9. The number of halogens is 1. The van der Waals surface area contributed by atoms with Gasteiger partial charge < -0.3 is 14.8 Å². The second-order valence-electron chi connectivity index (χ2n) is 15.8. The van der Waals surface area contributed by atoms with E-state index in [1.807, 2.05) is 0 Å². The highest BCUT2D eigenvalue weighted by Gasteiger charge is 2.22. The minimum Gasteiger partial charge on any atom is -0.340 e. The van der Waals surface area contributed by atoms with Crippen LogP contribution in [0.15, 0.2) is 192 Å². The van der Waals surface area contributed by atoms with Crippen LogP contribution in [0.2, 0.25) is 0 Å². The van der Waals surface area contributed by atoms with E-state index >= 15 is 0 Å². The van der Waals surface area contributed by atoms with Crippen LogP contribution in [0.25, 0.3) is 21.7 Å². The number of para-hydroxylation sites is 1. The minimum atomic E-state index is -4.47. The lowest BCUT2D eigenvalue weighted by molar-refractivity contribution is 0.310. The van der Waals surface area contributed by atoms with Gasteiger partial charge in [0.15, 0.2) is 0 Å². The SMILES string of the molecule is CC(NCCC(c1ccccc1)c1ccccc1)c1ccccc1.CN1CCc2c(c3ccccc3n2Cc2ccccc2)C1.Cl.O=S(=O)(O)c1cccc2c(S(=O)(=O)O)cccc12. The number of hydrogen-bond donors (Lipinski definition) is 3. The fourth-order valence-electron chi connectivity index (χ4n) is 8.38. The third-order valence-electron chi connectivity index (χ3n) is 11.5. The molecule has 1 aliphatic heterocycles. The maximum absolute atomic E-state index is 11.2. The lowest BCUT2D eigenvalue weighted by atomic mass is 9.88. The number of benzene rings is 7. The van der Waals surface area contributed by atoms with Gasteiger partial charge in [0.1, 0.15) is 9.79 Å². The van der Waals surface area contributed by atoms with Crippen LogP contribution in [0, 0.1) is 0 Å². The summed E-state index contributed by atoms with van der Waals surface area (Å²) in [5, 5.41) is 5.14. The van der Waals surface area contributed by atoms with Crippen LogP contribution in [0.4, 0.5) is 0 Å². The molecule has 1 aromatic heterocycles. The van der Waals surface area contributed by atoms with E-state index in [2.05, 4.69) is 174 Å². The molecule has 3 N–H and O–H groups in total. The summed E-state index contributed by atoms with van der Waals surface area (Å²) < 4.78 is 65.2. The highest BCUT2D eigenvalue weighted by atomic mass is 35.5. The van der Waals surface area contributed by atoms with Gasteiger partial charge >= 0.3 is 0 Å². The molecular formula is C52H54ClN3O6S2. The molecule has 64 heavy (non-hydrogen) atoms. The summed E-state index contributed by atoms with van der Waals surface area (Å²) in [6.45, 7) is 6.41. The Morgan fingerprint density at radius 3 is 1.55 bits per heavy atom. The Hall–Kier alpha value is -5.63. The van der Waals surface area contributed by atoms with Crippen molar-refractivity contribution in [1.29, 1.82) is 0 Å². The van der Waals surface area contributed by atoms with Crippen molar-refractivity contribution in [2.75, 3.05) is 20.1 Å². The molecule has 0 saturated carbocycles. The van der Waals surface area contributed by atoms with Gasteiger partial charge in [0.25, 0.3) is 20.2 Å². The van der Waals surface area contributed by atoms with Crippen LogP contribution in [0.5, 0.6) is 0 Å². The summed E-state index contributed by atoms with van der Waals surface area (Å²) in [5.41, 5.74) is 9.92. The molecule has 1 atom stereocenters. The van der Waals surface area contributed by atoms with E-state index in [-0.39, 0.29) is 23.2 Å². The number of aromatic nitrogens is 1. The first-order valence-electron chi connectivity index (χ1n) is 21.0. The molecule has 1 unspecified atom stereocenters. The molecule has 0 radical (unpaired) electrons. The second-order valence-corrected chi connectivity index (χ2v) is 18.6. The second kappa shape index (κ2) is 21.8. The standard InChI is InChI=1S/C23H25N.C19H20N2.C10H8O6S2.ClH/c1-19(20-11-5-2-6-12-20)24-18-17-23(21-13-7-3-8-14-21)22-15-9-4-10-16-22;1-20-12-11-19-17(14-20)16-9-5-6-10-18(16)21(19)13-15-7-3-2-4-8-15;11-17(12,13)9-5-1-3-7-8(9)4-2-6-10(7)18(14,15)16;/h2-16,19,23-24H,17-18H2,1H3;2-10H,11-14H2,1H3;1-6H,(H,11,12,13)(H,14,15,16);1H. The molecule has 1 aliphatic rings. The molecule has 0 aliphatic carbocycles. The third-order valence-corrected chi connectivity index (χ3v) is 13.3. The van der Waals surface area contributed by atoms with Crippen LogP contribution in [0.1, 0.15) is 58.8 Å². The van der Waals surface area contributed by atoms with E-state index in [9.17, 15) is 16.8 Å². The first-order chi connectivity index (χ1) is 30.4. The van der Waals surface area contributed by atoms with Gasteiger partial charge in [-0.3, -0.25) is 9.11 Å². The van der Waals surface area contributed by atoms with Crippen molar-refractivity contribution in [2.24, 2.45) is 0 Å². The average Bonchev–Trinajstić information content (AvgIpc) is 3.60. The molecule has 0 fully saturated rings. The summed E-state index contributed by atoms with van der Waals surface area (Å²) in [6, 6.07) is 59.8. The molecule has 0 spiro atoms. The van der Waals surface area contributed by atoms with Gasteiger partial charge in [0, 0.05) is 65.4 Å². The molecule has 8 aromatic rings. The number of likely N-dealkylation sites (N-methyl/N-ethyl adjacent to an activating group) is 1. The summed E-state index contributed by atoms with van der Waals surface area (Å²) in [7, 11) is -6.72. The quantitative estimate of drug-likeness (QED) is 0.109. The minimum absolute atomic E-state index is 0. The fraction of sp³-hybridized carbons (Fsp3) is 0.192. The normalized spacial score (nSPS) is 13.2. The van der Waals surface area contributed by atoms with E-state index in [4.69, 9.17) is 9.11 Å².